The van der Waals surface area contributed by atoms with E-state index in [0.29, 0.717) is 5.56 Å². The van der Waals surface area contributed by atoms with Gasteiger partial charge in [0.2, 0.25) is 0 Å². The van der Waals surface area contributed by atoms with Gasteiger partial charge in [-0.15, -0.1) is 0 Å². The van der Waals surface area contributed by atoms with Gasteiger partial charge in [0.05, 0.1) is 5.02 Å². The zero-order chi connectivity index (χ0) is 10.7. The van der Waals surface area contributed by atoms with E-state index in [2.05, 4.69) is 0 Å². The first-order valence-corrected chi connectivity index (χ1v) is 4.55. The normalized spacial score (nSPS) is 10.2. The van der Waals surface area contributed by atoms with E-state index in [1.807, 2.05) is 0 Å². The van der Waals surface area contributed by atoms with Crippen molar-refractivity contribution in [2.24, 2.45) is 0 Å². The molecule has 0 saturated carbocycles. The number of hydrogen-bond donors (Lipinski definition) is 1. The molecule has 0 fully saturated rings. The van der Waals surface area contributed by atoms with Gasteiger partial charge in [-0.2, -0.15) is 0 Å². The van der Waals surface area contributed by atoms with E-state index < -0.39 is 11.8 Å². The first-order valence-electron chi connectivity index (χ1n) is 4.17. The predicted molar refractivity (Wildman–Crippen MR) is 52.1 cm³/mol. The van der Waals surface area contributed by atoms with Crippen molar-refractivity contribution in [3.05, 3.63) is 34.1 Å². The van der Waals surface area contributed by atoms with Crippen LogP contribution in [-0.4, -0.2) is 11.1 Å². The lowest BCUT2D eigenvalue weighted by Gasteiger charge is -2.06. The number of halogens is 2. The molecule has 1 aromatic carbocycles. The summed E-state index contributed by atoms with van der Waals surface area (Å²) >= 11 is 5.58. The summed E-state index contributed by atoms with van der Waals surface area (Å²) in [5.74, 6) is -1.45. The summed E-state index contributed by atoms with van der Waals surface area (Å²) in [6.07, 6.45) is 0.0890. The minimum atomic E-state index is -0.941. The fourth-order valence-electron chi connectivity index (χ4n) is 1.23. The highest BCUT2D eigenvalue weighted by Gasteiger charge is 2.10. The SMILES string of the molecule is Cc1ccc(Cl)c(F)c1CCC(=O)O. The maximum absolute atomic E-state index is 13.4. The van der Waals surface area contributed by atoms with Crippen LogP contribution in [0.25, 0.3) is 0 Å². The van der Waals surface area contributed by atoms with Crippen LogP contribution in [0, 0.1) is 12.7 Å². The maximum atomic E-state index is 13.4. The summed E-state index contributed by atoms with van der Waals surface area (Å²) in [4.78, 5) is 10.3. The minimum absolute atomic E-state index is 0.0380. The maximum Gasteiger partial charge on any atom is 0.303 e. The van der Waals surface area contributed by atoms with Crippen molar-refractivity contribution < 1.29 is 14.3 Å². The second-order valence-corrected chi connectivity index (χ2v) is 3.46. The van der Waals surface area contributed by atoms with Gasteiger partial charge in [-0.1, -0.05) is 17.7 Å². The Morgan fingerprint density at radius 2 is 2.21 bits per heavy atom. The standard InChI is InChI=1S/C10H10ClFO2/c1-6-2-4-8(11)10(12)7(6)3-5-9(13)14/h2,4H,3,5H2,1H3,(H,13,14). The average Bonchev–Trinajstić information content (AvgIpc) is 2.11. The summed E-state index contributed by atoms with van der Waals surface area (Å²) in [6.45, 7) is 1.73. The van der Waals surface area contributed by atoms with Crippen molar-refractivity contribution in [2.45, 2.75) is 19.8 Å². The molecule has 0 heterocycles. The van der Waals surface area contributed by atoms with Gasteiger partial charge in [-0.3, -0.25) is 4.79 Å². The molecule has 1 aromatic rings. The molecule has 0 saturated heterocycles. The Labute approximate surface area is 86.3 Å². The molecule has 14 heavy (non-hydrogen) atoms. The summed E-state index contributed by atoms with van der Waals surface area (Å²) in [7, 11) is 0. The number of hydrogen-bond acceptors (Lipinski definition) is 1. The Morgan fingerprint density at radius 1 is 1.57 bits per heavy atom. The summed E-state index contributed by atoms with van der Waals surface area (Å²) in [5.41, 5.74) is 1.12. The fourth-order valence-corrected chi connectivity index (χ4v) is 1.41. The van der Waals surface area contributed by atoms with Crippen molar-refractivity contribution in [3.63, 3.8) is 0 Å². The van der Waals surface area contributed by atoms with Gasteiger partial charge in [-0.25, -0.2) is 4.39 Å². The molecule has 0 radical (unpaired) electrons. The van der Waals surface area contributed by atoms with Crippen molar-refractivity contribution in [1.29, 1.82) is 0 Å². The molecular weight excluding hydrogens is 207 g/mol. The Hall–Kier alpha value is -1.09. The van der Waals surface area contributed by atoms with E-state index in [-0.39, 0.29) is 17.9 Å². The number of benzene rings is 1. The third kappa shape index (κ3) is 2.45. The molecule has 0 unspecified atom stereocenters. The first kappa shape index (κ1) is 11.0. The number of aryl methyl sites for hydroxylation is 1. The largest absolute Gasteiger partial charge is 0.481 e. The lowest BCUT2D eigenvalue weighted by atomic mass is 10.0. The number of carbonyl (C=O) groups is 1. The lowest BCUT2D eigenvalue weighted by Crippen LogP contribution is -2.01. The second kappa shape index (κ2) is 4.42. The van der Waals surface area contributed by atoms with Crippen molar-refractivity contribution in [1.82, 2.24) is 0 Å². The van der Waals surface area contributed by atoms with E-state index in [0.717, 1.165) is 5.56 Å². The van der Waals surface area contributed by atoms with Gasteiger partial charge in [0, 0.05) is 6.42 Å². The number of rotatable bonds is 3. The first-order chi connectivity index (χ1) is 6.52. The van der Waals surface area contributed by atoms with Crippen LogP contribution in [-0.2, 0) is 11.2 Å². The van der Waals surface area contributed by atoms with E-state index in [9.17, 15) is 9.18 Å². The molecule has 4 heteroatoms. The Morgan fingerprint density at radius 3 is 2.79 bits per heavy atom. The third-order valence-corrected chi connectivity index (χ3v) is 2.31. The van der Waals surface area contributed by atoms with Crippen LogP contribution in [0.1, 0.15) is 17.5 Å². The molecule has 76 valence electrons. The highest BCUT2D eigenvalue weighted by Crippen LogP contribution is 2.22. The van der Waals surface area contributed by atoms with Crippen LogP contribution in [0.15, 0.2) is 12.1 Å². The zero-order valence-corrected chi connectivity index (χ0v) is 8.44. The van der Waals surface area contributed by atoms with Crippen molar-refractivity contribution in [3.8, 4) is 0 Å². The lowest BCUT2D eigenvalue weighted by molar-refractivity contribution is -0.136. The molecule has 0 amide bonds. The van der Waals surface area contributed by atoms with Crippen molar-refractivity contribution >= 4 is 17.6 Å². The number of carboxylic acid groups (broad SMARTS) is 1. The summed E-state index contributed by atoms with van der Waals surface area (Å²) < 4.78 is 13.4. The monoisotopic (exact) mass is 216 g/mol. The number of carboxylic acids is 1. The highest BCUT2D eigenvalue weighted by atomic mass is 35.5. The minimum Gasteiger partial charge on any atom is -0.481 e. The second-order valence-electron chi connectivity index (χ2n) is 3.05. The topological polar surface area (TPSA) is 37.3 Å². The van der Waals surface area contributed by atoms with Crippen LogP contribution < -0.4 is 0 Å². The third-order valence-electron chi connectivity index (χ3n) is 2.02. The molecule has 0 aliphatic carbocycles. The molecule has 0 spiro atoms. The van der Waals surface area contributed by atoms with E-state index >= 15 is 0 Å². The Bertz CT molecular complexity index is 363. The molecular formula is C10H10ClFO2. The van der Waals surface area contributed by atoms with Crippen LogP contribution in [0.4, 0.5) is 4.39 Å². The van der Waals surface area contributed by atoms with Gasteiger partial charge >= 0.3 is 5.97 Å². The summed E-state index contributed by atoms with van der Waals surface area (Å²) in [5, 5.41) is 8.51. The molecule has 0 aliphatic rings. The van der Waals surface area contributed by atoms with Crippen LogP contribution in [0.3, 0.4) is 0 Å². The fraction of sp³-hybridized carbons (Fsp3) is 0.300. The van der Waals surface area contributed by atoms with Gasteiger partial charge < -0.3 is 5.11 Å². The molecule has 0 aliphatic heterocycles. The van der Waals surface area contributed by atoms with Crippen LogP contribution >= 0.6 is 11.6 Å². The van der Waals surface area contributed by atoms with Gasteiger partial charge in [0.1, 0.15) is 5.82 Å². The number of aliphatic carboxylic acids is 1. The Kier molecular flexibility index (Phi) is 3.47. The van der Waals surface area contributed by atoms with E-state index in [1.165, 1.54) is 6.07 Å². The smallest absolute Gasteiger partial charge is 0.303 e. The highest BCUT2D eigenvalue weighted by molar-refractivity contribution is 6.30. The molecule has 2 nitrogen and oxygen atoms in total. The zero-order valence-electron chi connectivity index (χ0n) is 7.68. The molecule has 0 atom stereocenters. The van der Waals surface area contributed by atoms with E-state index in [4.69, 9.17) is 16.7 Å². The summed E-state index contributed by atoms with van der Waals surface area (Å²) in [6, 6.07) is 3.15. The van der Waals surface area contributed by atoms with Crippen molar-refractivity contribution in [2.75, 3.05) is 0 Å². The van der Waals surface area contributed by atoms with Gasteiger partial charge in [0.25, 0.3) is 0 Å². The molecule has 0 aromatic heterocycles. The van der Waals surface area contributed by atoms with Gasteiger partial charge in [0.15, 0.2) is 0 Å². The molecule has 1 N–H and O–H groups in total. The Balaban J connectivity index is 2.95. The molecule has 0 bridgehead atoms. The van der Waals surface area contributed by atoms with Crippen LogP contribution in [0.2, 0.25) is 5.02 Å². The predicted octanol–water partition coefficient (Wildman–Crippen LogP) is 2.80. The average molecular weight is 217 g/mol. The quantitative estimate of drug-likeness (QED) is 0.844. The van der Waals surface area contributed by atoms with E-state index in [1.54, 1.807) is 13.0 Å². The van der Waals surface area contributed by atoms with Gasteiger partial charge in [-0.05, 0) is 30.5 Å². The molecule has 1 rings (SSSR count). The van der Waals surface area contributed by atoms with Crippen LogP contribution in [0.5, 0.6) is 0 Å².